The molecule has 4 amide bonds. The van der Waals surface area contributed by atoms with Gasteiger partial charge in [-0.3, -0.25) is 19.2 Å². The highest BCUT2D eigenvalue weighted by atomic mass is 16.5. The summed E-state index contributed by atoms with van der Waals surface area (Å²) < 4.78 is 10.1. The molecule has 12 heteroatoms. The predicted octanol–water partition coefficient (Wildman–Crippen LogP) is 2.96. The van der Waals surface area contributed by atoms with Crippen LogP contribution in [0.3, 0.4) is 0 Å². The fraction of sp³-hybridized carbons (Fsp3) is 0.500. The molecule has 1 aromatic heterocycles. The van der Waals surface area contributed by atoms with Crippen molar-refractivity contribution in [1.29, 1.82) is 5.26 Å². The number of methoxy groups -OCH3 is 1. The number of likely N-dealkylation sites (N-methyl/N-ethyl adjacent to an activating group) is 1. The number of hydrogen-bond acceptors (Lipinski definition) is 8. The molecule has 0 fully saturated rings. The second kappa shape index (κ2) is 17.0. The van der Waals surface area contributed by atoms with Crippen LogP contribution in [0.25, 0.3) is 0 Å². The molecule has 1 heterocycles. The minimum Gasteiger partial charge on any atom is -0.382 e. The van der Waals surface area contributed by atoms with Crippen molar-refractivity contribution >= 4 is 23.6 Å². The first kappa shape index (κ1) is 35.7. The first-order valence-corrected chi connectivity index (χ1v) is 14.5. The fourth-order valence-electron chi connectivity index (χ4n) is 4.19. The van der Waals surface area contributed by atoms with Gasteiger partial charge in [0.25, 0.3) is 11.8 Å². The van der Waals surface area contributed by atoms with E-state index in [2.05, 4.69) is 21.1 Å². The van der Waals surface area contributed by atoms with Crippen LogP contribution in [0, 0.1) is 30.6 Å². The first-order valence-electron chi connectivity index (χ1n) is 14.5. The molecule has 0 spiro atoms. The summed E-state index contributed by atoms with van der Waals surface area (Å²) in [4.78, 5) is 53.4. The van der Waals surface area contributed by atoms with Crippen LogP contribution in [0.5, 0.6) is 0 Å². The molecule has 0 radical (unpaired) electrons. The monoisotopic (exact) mass is 608 g/mol. The van der Waals surface area contributed by atoms with Gasteiger partial charge in [-0.15, -0.1) is 0 Å². The summed E-state index contributed by atoms with van der Waals surface area (Å²) in [5.41, 5.74) is 1.76. The number of benzene rings is 1. The quantitative estimate of drug-likeness (QED) is 0.158. The average Bonchev–Trinajstić information content (AvgIpc) is 3.41. The zero-order valence-corrected chi connectivity index (χ0v) is 26.7. The maximum Gasteiger partial charge on any atom is 0.274 e. The SMILES string of the molecule is COCC(NC(=O)c1cc(C)on1)C(=O)NC(CCCCN(C)C(=O)C(C#N)=CC(C)(C)C)C(=O)NCc1ccc(C)cc1. The number of unbranched alkanes of at least 4 members (excludes halogenated alkanes) is 1. The van der Waals surface area contributed by atoms with Crippen LogP contribution < -0.4 is 16.0 Å². The van der Waals surface area contributed by atoms with Gasteiger partial charge in [0.15, 0.2) is 5.69 Å². The summed E-state index contributed by atoms with van der Waals surface area (Å²) in [6.07, 6.45) is 2.93. The van der Waals surface area contributed by atoms with Gasteiger partial charge in [0.05, 0.1) is 6.61 Å². The number of ether oxygens (including phenoxy) is 1. The van der Waals surface area contributed by atoms with Crippen LogP contribution in [-0.4, -0.2) is 73.1 Å². The number of rotatable bonds is 15. The lowest BCUT2D eigenvalue weighted by Gasteiger charge is -2.23. The van der Waals surface area contributed by atoms with Crippen LogP contribution in [0.1, 0.15) is 67.4 Å². The van der Waals surface area contributed by atoms with Crippen LogP contribution in [0.4, 0.5) is 0 Å². The van der Waals surface area contributed by atoms with Gasteiger partial charge < -0.3 is 30.1 Å². The van der Waals surface area contributed by atoms with E-state index in [1.807, 2.05) is 58.0 Å². The van der Waals surface area contributed by atoms with Gasteiger partial charge in [-0.2, -0.15) is 5.26 Å². The zero-order valence-electron chi connectivity index (χ0n) is 26.7. The molecule has 1 aromatic carbocycles. The molecule has 0 aliphatic rings. The molecule has 0 saturated heterocycles. The Bertz CT molecular complexity index is 1350. The van der Waals surface area contributed by atoms with Crippen LogP contribution in [0.15, 0.2) is 46.5 Å². The lowest BCUT2D eigenvalue weighted by molar-refractivity contribution is -0.130. The molecule has 0 saturated carbocycles. The normalized spacial score (nSPS) is 12.9. The molecular formula is C32H44N6O6. The molecular weight excluding hydrogens is 564 g/mol. The lowest BCUT2D eigenvalue weighted by atomic mass is 9.93. The number of nitrogens with one attached hydrogen (secondary N) is 3. The van der Waals surface area contributed by atoms with Gasteiger partial charge in [-0.25, -0.2) is 0 Å². The van der Waals surface area contributed by atoms with Crippen molar-refractivity contribution in [2.75, 3.05) is 27.3 Å². The van der Waals surface area contributed by atoms with Gasteiger partial charge >= 0.3 is 0 Å². The third-order valence-corrected chi connectivity index (χ3v) is 6.55. The number of aryl methyl sites for hydroxylation is 2. The number of carbonyl (C=O) groups is 4. The van der Waals surface area contributed by atoms with E-state index < -0.39 is 29.8 Å². The third-order valence-electron chi connectivity index (χ3n) is 6.55. The molecule has 2 atom stereocenters. The average molecular weight is 609 g/mol. The standard InChI is InChI=1S/C32H44N6O6/c1-21-11-13-23(14-12-21)19-34-28(39)25(10-8-9-15-38(6)31(42)24(18-33)17-32(3,4)5)35-30(41)27(20-43-7)36-29(40)26-16-22(2)44-37-26/h11-14,16-17,25,27H,8-10,15,19-20H2,1-7H3,(H,34,39)(H,35,41)(H,36,40). The number of amides is 4. The van der Waals surface area contributed by atoms with E-state index in [0.717, 1.165) is 11.1 Å². The van der Waals surface area contributed by atoms with E-state index in [0.29, 0.717) is 25.1 Å². The van der Waals surface area contributed by atoms with Crippen molar-refractivity contribution in [3.05, 3.63) is 64.6 Å². The number of hydrogen-bond donors (Lipinski definition) is 3. The van der Waals surface area contributed by atoms with Crippen molar-refractivity contribution in [3.8, 4) is 6.07 Å². The molecule has 2 unspecified atom stereocenters. The summed E-state index contributed by atoms with van der Waals surface area (Å²) in [6.45, 7) is 9.83. The molecule has 12 nitrogen and oxygen atoms in total. The fourth-order valence-corrected chi connectivity index (χ4v) is 4.19. The van der Waals surface area contributed by atoms with Crippen molar-refractivity contribution in [3.63, 3.8) is 0 Å². The lowest BCUT2D eigenvalue weighted by Crippen LogP contribution is -2.55. The van der Waals surface area contributed by atoms with E-state index in [1.54, 1.807) is 20.0 Å². The van der Waals surface area contributed by atoms with Crippen LogP contribution in [-0.2, 0) is 25.7 Å². The van der Waals surface area contributed by atoms with Gasteiger partial charge in [0, 0.05) is 33.3 Å². The second-order valence-corrected chi connectivity index (χ2v) is 11.8. The van der Waals surface area contributed by atoms with Gasteiger partial charge in [-0.05, 0) is 44.1 Å². The summed E-state index contributed by atoms with van der Waals surface area (Å²) in [5, 5.41) is 21.3. The summed E-state index contributed by atoms with van der Waals surface area (Å²) in [6, 6.07) is 9.12. The van der Waals surface area contributed by atoms with E-state index in [-0.39, 0.29) is 42.2 Å². The number of allylic oxidation sites excluding steroid dienone is 1. The maximum atomic E-state index is 13.3. The number of nitrogens with zero attached hydrogens (tertiary/aromatic N) is 3. The van der Waals surface area contributed by atoms with Gasteiger partial charge in [-0.1, -0.05) is 61.8 Å². The Balaban J connectivity index is 2.09. The largest absolute Gasteiger partial charge is 0.382 e. The molecule has 2 aromatic rings. The van der Waals surface area contributed by atoms with E-state index in [9.17, 15) is 24.4 Å². The minimum absolute atomic E-state index is 0.0133. The molecule has 3 N–H and O–H groups in total. The Labute approximate surface area is 259 Å². The summed E-state index contributed by atoms with van der Waals surface area (Å²) in [5.74, 6) is -1.55. The predicted molar refractivity (Wildman–Crippen MR) is 164 cm³/mol. The summed E-state index contributed by atoms with van der Waals surface area (Å²) >= 11 is 0. The first-order chi connectivity index (χ1) is 20.7. The molecule has 238 valence electrons. The molecule has 0 aliphatic heterocycles. The Hall–Kier alpha value is -4.50. The summed E-state index contributed by atoms with van der Waals surface area (Å²) in [7, 11) is 3.02. The zero-order chi connectivity index (χ0) is 32.9. The van der Waals surface area contributed by atoms with Crippen molar-refractivity contribution in [2.45, 2.75) is 72.5 Å². The van der Waals surface area contributed by atoms with Crippen LogP contribution in [0.2, 0.25) is 0 Å². The van der Waals surface area contributed by atoms with Crippen molar-refractivity contribution < 1.29 is 28.4 Å². The topological polar surface area (TPSA) is 167 Å². The second-order valence-electron chi connectivity index (χ2n) is 11.8. The highest BCUT2D eigenvalue weighted by molar-refractivity contribution is 5.98. The van der Waals surface area contributed by atoms with Gasteiger partial charge in [0.1, 0.15) is 29.5 Å². The van der Waals surface area contributed by atoms with Crippen LogP contribution >= 0.6 is 0 Å². The number of carbonyl (C=O) groups excluding carboxylic acids is 4. The minimum atomic E-state index is -1.10. The Kier molecular flexibility index (Phi) is 13.8. The highest BCUT2D eigenvalue weighted by Gasteiger charge is 2.28. The van der Waals surface area contributed by atoms with E-state index in [4.69, 9.17) is 9.26 Å². The number of nitriles is 1. The Morgan fingerprint density at radius 3 is 2.32 bits per heavy atom. The number of aromatic nitrogens is 1. The van der Waals surface area contributed by atoms with E-state index >= 15 is 0 Å². The van der Waals surface area contributed by atoms with Crippen molar-refractivity contribution in [2.24, 2.45) is 5.41 Å². The Morgan fingerprint density at radius 1 is 1.07 bits per heavy atom. The molecule has 44 heavy (non-hydrogen) atoms. The molecule has 0 bridgehead atoms. The van der Waals surface area contributed by atoms with E-state index in [1.165, 1.54) is 18.1 Å². The maximum absolute atomic E-state index is 13.3. The smallest absolute Gasteiger partial charge is 0.274 e. The highest BCUT2D eigenvalue weighted by Crippen LogP contribution is 2.18. The molecule has 0 aliphatic carbocycles. The molecule has 2 rings (SSSR count). The van der Waals surface area contributed by atoms with Gasteiger partial charge in [0.2, 0.25) is 11.8 Å². The Morgan fingerprint density at radius 2 is 1.75 bits per heavy atom. The third kappa shape index (κ3) is 12.0. The van der Waals surface area contributed by atoms with Crippen molar-refractivity contribution in [1.82, 2.24) is 26.0 Å².